The predicted molar refractivity (Wildman–Crippen MR) is 214 cm³/mol. The Hall–Kier alpha value is -6.24. The normalized spacial score (nSPS) is 11.8. The number of anilines is 1. The number of rotatable bonds is 12. The predicted octanol–water partition coefficient (Wildman–Crippen LogP) is 6.02. The third-order valence-electron chi connectivity index (χ3n) is 6.30. The van der Waals surface area contributed by atoms with E-state index >= 15 is 0 Å². The van der Waals surface area contributed by atoms with Gasteiger partial charge in [0.05, 0.1) is 58.4 Å². The third kappa shape index (κ3) is 20.8. The summed E-state index contributed by atoms with van der Waals surface area (Å²) in [7, 11) is -3.71. The third-order valence-corrected chi connectivity index (χ3v) is 7.21. The number of aromatic carboxylic acids is 2. The first kappa shape index (κ1) is 53.8. The lowest BCUT2D eigenvalue weighted by atomic mass is 10.1. The Morgan fingerprint density at radius 2 is 1.53 bits per heavy atom. The summed E-state index contributed by atoms with van der Waals surface area (Å²) in [6.07, 6.45) is 2.68. The number of hydrogen-bond donors (Lipinski definition) is 7. The number of halogens is 6. The molecule has 3 aromatic carbocycles. The van der Waals surface area contributed by atoms with Gasteiger partial charge in [0.2, 0.25) is 0 Å². The van der Waals surface area contributed by atoms with Crippen molar-refractivity contribution in [1.29, 1.82) is 0 Å². The summed E-state index contributed by atoms with van der Waals surface area (Å²) >= 11 is 5.72. The first-order chi connectivity index (χ1) is 28.6. The van der Waals surface area contributed by atoms with Crippen molar-refractivity contribution in [3.63, 3.8) is 0 Å². The monoisotopic (exact) mass is 940 g/mol. The molecule has 0 aliphatic carbocycles. The molecular weight excluding hydrogens is 906 g/mol. The number of carboxylic acids is 3. The molecule has 0 radical (unpaired) electrons. The molecule has 4 aromatic rings. The number of nitrogens with zero attached hydrogens (tertiary/aromatic N) is 3. The highest BCUT2D eigenvalue weighted by atomic mass is 35.5. The summed E-state index contributed by atoms with van der Waals surface area (Å²) in [5, 5.41) is 44.3. The van der Waals surface area contributed by atoms with Crippen LogP contribution in [0.15, 0.2) is 78.0 Å². The van der Waals surface area contributed by atoms with Gasteiger partial charge in [-0.3, -0.25) is 25.2 Å². The lowest BCUT2D eigenvalue weighted by molar-refractivity contribution is -0.385. The van der Waals surface area contributed by atoms with Crippen molar-refractivity contribution in [3.05, 3.63) is 122 Å². The van der Waals surface area contributed by atoms with Crippen LogP contribution in [-0.2, 0) is 26.4 Å². The van der Waals surface area contributed by atoms with Crippen LogP contribution in [0, 0.1) is 21.7 Å². The molecule has 1 atom stereocenters. The second-order valence-corrected chi connectivity index (χ2v) is 16.4. The van der Waals surface area contributed by atoms with Gasteiger partial charge in [-0.1, -0.05) is 11.6 Å². The molecule has 0 saturated carbocycles. The number of nitrogens with one attached hydrogen (secondary N) is 3. The lowest BCUT2D eigenvalue weighted by Crippen LogP contribution is -2.26. The van der Waals surface area contributed by atoms with Gasteiger partial charge in [0.1, 0.15) is 42.0 Å². The number of ether oxygens (including phenoxy) is 1. The SMILES string of the molecule is C/C(=N\NC(=O)Nc1cc(F)cc(F)c1)c1ncccc1C(=O)O.C[S+](C)C.O=C(O)CNCP(=O)([O-])O.O=C(O)c1cc(Oc2ccc(C(F)(F)F)cc2Cl)ccc1[N+](=O)[O-]. The molecule has 7 N–H and O–H groups in total. The fraction of sp³-hybridized carbons (Fsp3) is 0.200. The zero-order valence-corrected chi connectivity index (χ0v) is 34.7. The Labute approximate surface area is 355 Å². The van der Waals surface area contributed by atoms with Crippen molar-refractivity contribution in [3.8, 4) is 11.5 Å². The lowest BCUT2D eigenvalue weighted by Gasteiger charge is -2.14. The summed E-state index contributed by atoms with van der Waals surface area (Å²) in [4.78, 5) is 75.4. The summed E-state index contributed by atoms with van der Waals surface area (Å²) in [6, 6.07) is 9.74. The van der Waals surface area contributed by atoms with Crippen LogP contribution in [0.3, 0.4) is 0 Å². The maximum atomic E-state index is 13.0. The molecular formula is C35H35ClF5N6O13PS. The quantitative estimate of drug-likeness (QED) is 0.0213. The Morgan fingerprint density at radius 3 is 2.02 bits per heavy atom. The molecule has 0 fully saturated rings. The van der Waals surface area contributed by atoms with Crippen molar-refractivity contribution >= 4 is 71.1 Å². The van der Waals surface area contributed by atoms with Crippen LogP contribution in [0.4, 0.5) is 38.1 Å². The fourth-order valence-electron chi connectivity index (χ4n) is 3.94. The molecule has 1 unspecified atom stereocenters. The second-order valence-electron chi connectivity index (χ2n) is 12.0. The van der Waals surface area contributed by atoms with Gasteiger partial charge < -0.3 is 39.7 Å². The van der Waals surface area contributed by atoms with Gasteiger partial charge in [0, 0.05) is 30.1 Å². The number of carbonyl (C=O) groups excluding carboxylic acids is 1. The highest BCUT2D eigenvalue weighted by Gasteiger charge is 2.31. The molecule has 336 valence electrons. The van der Waals surface area contributed by atoms with E-state index in [1.165, 1.54) is 25.3 Å². The van der Waals surface area contributed by atoms with Crippen LogP contribution < -0.4 is 25.7 Å². The summed E-state index contributed by atoms with van der Waals surface area (Å²) in [6.45, 7) is 0.976. The van der Waals surface area contributed by atoms with Crippen LogP contribution in [0.25, 0.3) is 0 Å². The maximum absolute atomic E-state index is 13.0. The van der Waals surface area contributed by atoms with Crippen molar-refractivity contribution in [2.45, 2.75) is 13.1 Å². The van der Waals surface area contributed by atoms with Crippen molar-refractivity contribution in [2.24, 2.45) is 5.10 Å². The number of benzene rings is 3. The molecule has 0 saturated heterocycles. The Morgan fingerprint density at radius 1 is 0.952 bits per heavy atom. The highest BCUT2D eigenvalue weighted by molar-refractivity contribution is 7.94. The summed E-state index contributed by atoms with van der Waals surface area (Å²) in [5.41, 5.74) is -0.0912. The Bertz CT molecular complexity index is 2300. The minimum atomic E-state index is -4.58. The van der Waals surface area contributed by atoms with Crippen LogP contribution in [0.2, 0.25) is 5.02 Å². The van der Waals surface area contributed by atoms with Gasteiger partial charge in [0.25, 0.3) is 5.69 Å². The molecule has 0 bridgehead atoms. The Kier molecular flexibility index (Phi) is 21.6. The molecule has 1 heterocycles. The first-order valence-electron chi connectivity index (χ1n) is 16.4. The number of hydrazone groups is 1. The minimum absolute atomic E-state index is 0.0758. The number of nitro groups is 1. The van der Waals surface area contributed by atoms with E-state index in [0.29, 0.717) is 23.0 Å². The zero-order chi connectivity index (χ0) is 47.5. The molecule has 0 spiro atoms. The molecule has 27 heteroatoms. The van der Waals surface area contributed by atoms with Gasteiger partial charge in [-0.05, 0) is 66.3 Å². The molecule has 2 amide bonds. The largest absolute Gasteiger partial charge is 0.778 e. The van der Waals surface area contributed by atoms with Gasteiger partial charge in [-0.2, -0.15) is 18.3 Å². The standard InChI is InChI=1S/C15H12F2N4O3.C14H7ClF3NO5.C3H8NO5P.C3H9S/c1-8(13-12(14(22)23)3-2-4-18-13)20-21-15(24)19-11-6-9(16)5-10(17)7-11;15-10-5-7(14(16,17)18)1-4-12(10)24-8-2-3-11(19(22)23)9(6-8)13(20)21;5-3(6)1-4-2-10(7,8)9;1-4(2)3/h2-7H,1H3,(H,22,23)(H2,19,21,24);1-6H,(H,20,21);4H,1-2H2,(H,5,6)(H2,7,8,9);1-3H3/q;;;+1/p-1/b20-8+;;;. The average Bonchev–Trinajstić information content (AvgIpc) is 3.13. The number of amides is 2. The van der Waals surface area contributed by atoms with Gasteiger partial charge in [-0.15, -0.1) is 0 Å². The van der Waals surface area contributed by atoms with E-state index in [2.05, 4.69) is 39.6 Å². The summed E-state index contributed by atoms with van der Waals surface area (Å²) in [5.74, 6) is -5.88. The second kappa shape index (κ2) is 24.9. The number of aliphatic carboxylic acids is 1. The number of urea groups is 1. The van der Waals surface area contributed by atoms with Gasteiger partial charge in [-0.25, -0.2) is 28.6 Å². The van der Waals surface area contributed by atoms with E-state index in [1.807, 2.05) is 5.32 Å². The number of alkyl halides is 3. The highest BCUT2D eigenvalue weighted by Crippen LogP contribution is 2.37. The van der Waals surface area contributed by atoms with Crippen LogP contribution >= 0.6 is 19.2 Å². The van der Waals surface area contributed by atoms with E-state index in [4.69, 9.17) is 36.6 Å². The van der Waals surface area contributed by atoms with Crippen molar-refractivity contribution in [1.82, 2.24) is 15.7 Å². The topological polar surface area (TPSA) is 303 Å². The molecule has 62 heavy (non-hydrogen) atoms. The van der Waals surface area contributed by atoms with E-state index in [1.54, 1.807) is 0 Å². The van der Waals surface area contributed by atoms with E-state index in [0.717, 1.165) is 42.5 Å². The number of aromatic nitrogens is 1. The van der Waals surface area contributed by atoms with Crippen LogP contribution in [0.1, 0.15) is 38.9 Å². The molecule has 4 rings (SSSR count). The summed E-state index contributed by atoms with van der Waals surface area (Å²) < 4.78 is 78.9. The van der Waals surface area contributed by atoms with E-state index < -0.39 is 83.9 Å². The number of nitro benzene ring substituents is 1. The van der Waals surface area contributed by atoms with Gasteiger partial charge in [0.15, 0.2) is 0 Å². The maximum Gasteiger partial charge on any atom is 0.416 e. The van der Waals surface area contributed by atoms with Crippen LogP contribution in [-0.4, -0.2) is 91.4 Å². The number of carboxylic acid groups (broad SMARTS) is 3. The van der Waals surface area contributed by atoms with Crippen molar-refractivity contribution < 1.29 is 80.5 Å². The molecule has 0 aliphatic rings. The minimum Gasteiger partial charge on any atom is -0.778 e. The molecule has 19 nitrogen and oxygen atoms in total. The van der Waals surface area contributed by atoms with E-state index in [-0.39, 0.29) is 39.2 Å². The number of pyridine rings is 1. The molecule has 0 aliphatic heterocycles. The average molecular weight is 941 g/mol. The Balaban J connectivity index is 0.000000478. The number of hydrogen-bond acceptors (Lipinski definition) is 12. The first-order valence-corrected chi connectivity index (χ1v) is 21.0. The zero-order valence-electron chi connectivity index (χ0n) is 32.3. The van der Waals surface area contributed by atoms with Gasteiger partial charge >= 0.3 is 30.1 Å². The smallest absolute Gasteiger partial charge is 0.416 e. The van der Waals surface area contributed by atoms with Crippen molar-refractivity contribution in [2.75, 3.05) is 36.9 Å². The molecule has 1 aromatic heterocycles. The van der Waals surface area contributed by atoms with Crippen LogP contribution in [0.5, 0.6) is 11.5 Å². The number of carbonyl (C=O) groups is 4. The van der Waals surface area contributed by atoms with E-state index in [9.17, 15) is 60.7 Å². The fourth-order valence-corrected chi connectivity index (χ4v) is 4.55.